The maximum Gasteiger partial charge on any atom is 0.134 e. The second-order valence-corrected chi connectivity index (χ2v) is 8.71. The molecule has 2 aromatic heterocycles. The normalized spacial score (nSPS) is 18.0. The van der Waals surface area contributed by atoms with Gasteiger partial charge in [0.05, 0.1) is 6.54 Å². The lowest BCUT2D eigenvalue weighted by Crippen LogP contribution is -2.31. The molecule has 4 nitrogen and oxygen atoms in total. The Bertz CT molecular complexity index is 976. The predicted molar refractivity (Wildman–Crippen MR) is 115 cm³/mol. The van der Waals surface area contributed by atoms with Crippen molar-refractivity contribution >= 4 is 11.6 Å². The molecule has 0 unspecified atom stereocenters. The van der Waals surface area contributed by atoms with E-state index in [2.05, 4.69) is 17.2 Å². The van der Waals surface area contributed by atoms with Crippen LogP contribution in [0, 0.1) is 0 Å². The van der Waals surface area contributed by atoms with E-state index in [1.54, 1.807) is 0 Å². The molecule has 3 aromatic rings. The van der Waals surface area contributed by atoms with Crippen molar-refractivity contribution in [3.8, 4) is 11.3 Å². The minimum Gasteiger partial charge on any atom is -0.460 e. The monoisotopic (exact) mass is 407 g/mol. The fourth-order valence-corrected chi connectivity index (χ4v) is 4.66. The number of aromatic nitrogens is 2. The highest BCUT2D eigenvalue weighted by molar-refractivity contribution is 6.30. The number of nitrogens with zero attached hydrogens (tertiary/aromatic N) is 3. The molecule has 0 saturated heterocycles. The molecule has 0 radical (unpaired) electrons. The SMILES string of the molecule is Clc1ccc(-c2ccc(CN3CCc4nc(C5CCCCC5)ncc4C3)o2)cc1. The Labute approximate surface area is 176 Å². The van der Waals surface area contributed by atoms with Gasteiger partial charge in [-0.2, -0.15) is 0 Å². The molecule has 0 atom stereocenters. The number of fused-ring (bicyclic) bond motifs is 1. The van der Waals surface area contributed by atoms with Gasteiger partial charge in [-0.05, 0) is 49.2 Å². The van der Waals surface area contributed by atoms with Crippen LogP contribution in [0.3, 0.4) is 0 Å². The molecule has 5 rings (SSSR count). The second kappa shape index (κ2) is 8.29. The fraction of sp³-hybridized carbons (Fsp3) is 0.417. The zero-order valence-corrected chi connectivity index (χ0v) is 17.4. The first kappa shape index (κ1) is 18.8. The second-order valence-electron chi connectivity index (χ2n) is 8.27. The first-order chi connectivity index (χ1) is 14.2. The van der Waals surface area contributed by atoms with Crippen LogP contribution in [0.5, 0.6) is 0 Å². The van der Waals surface area contributed by atoms with Gasteiger partial charge in [0.15, 0.2) is 0 Å². The Morgan fingerprint density at radius 1 is 1.03 bits per heavy atom. The van der Waals surface area contributed by atoms with Gasteiger partial charge < -0.3 is 4.42 Å². The van der Waals surface area contributed by atoms with Gasteiger partial charge in [-0.1, -0.05) is 30.9 Å². The highest BCUT2D eigenvalue weighted by Gasteiger charge is 2.23. The van der Waals surface area contributed by atoms with Crippen LogP contribution < -0.4 is 0 Å². The van der Waals surface area contributed by atoms with E-state index >= 15 is 0 Å². The van der Waals surface area contributed by atoms with Crippen molar-refractivity contribution in [1.82, 2.24) is 14.9 Å². The van der Waals surface area contributed by atoms with E-state index in [-0.39, 0.29) is 0 Å². The van der Waals surface area contributed by atoms with E-state index in [1.807, 2.05) is 30.3 Å². The van der Waals surface area contributed by atoms with Gasteiger partial charge in [0, 0.05) is 53.5 Å². The molecule has 1 fully saturated rings. The minimum absolute atomic E-state index is 0.571. The van der Waals surface area contributed by atoms with Crippen molar-refractivity contribution in [2.75, 3.05) is 6.54 Å². The molecule has 1 saturated carbocycles. The van der Waals surface area contributed by atoms with E-state index in [4.69, 9.17) is 26.0 Å². The van der Waals surface area contributed by atoms with Gasteiger partial charge in [0.25, 0.3) is 0 Å². The van der Waals surface area contributed by atoms with Gasteiger partial charge in [-0.25, -0.2) is 9.97 Å². The molecule has 2 aliphatic rings. The van der Waals surface area contributed by atoms with E-state index in [0.29, 0.717) is 5.92 Å². The smallest absolute Gasteiger partial charge is 0.134 e. The lowest BCUT2D eigenvalue weighted by molar-refractivity contribution is 0.224. The van der Waals surface area contributed by atoms with Gasteiger partial charge in [0.1, 0.15) is 17.3 Å². The largest absolute Gasteiger partial charge is 0.460 e. The van der Waals surface area contributed by atoms with Crippen LogP contribution in [0.1, 0.15) is 60.9 Å². The summed E-state index contributed by atoms with van der Waals surface area (Å²) in [5.41, 5.74) is 3.56. The number of benzene rings is 1. The molecular weight excluding hydrogens is 382 g/mol. The zero-order chi connectivity index (χ0) is 19.6. The fourth-order valence-electron chi connectivity index (χ4n) is 4.54. The van der Waals surface area contributed by atoms with Crippen LogP contribution >= 0.6 is 11.6 Å². The Balaban J connectivity index is 1.25. The molecular formula is C24H26ClN3O. The molecule has 5 heteroatoms. The summed E-state index contributed by atoms with van der Waals surface area (Å²) < 4.78 is 6.08. The summed E-state index contributed by atoms with van der Waals surface area (Å²) in [7, 11) is 0. The molecule has 29 heavy (non-hydrogen) atoms. The number of hydrogen-bond donors (Lipinski definition) is 0. The number of halogens is 1. The summed E-state index contributed by atoms with van der Waals surface area (Å²) in [4.78, 5) is 12.1. The third kappa shape index (κ3) is 4.24. The maximum atomic E-state index is 6.08. The highest BCUT2D eigenvalue weighted by Crippen LogP contribution is 2.31. The topological polar surface area (TPSA) is 42.2 Å². The highest BCUT2D eigenvalue weighted by atomic mass is 35.5. The van der Waals surface area contributed by atoms with Crippen molar-refractivity contribution in [3.63, 3.8) is 0 Å². The average Bonchev–Trinajstić information content (AvgIpc) is 3.23. The van der Waals surface area contributed by atoms with Crippen LogP contribution in [-0.2, 0) is 19.5 Å². The van der Waals surface area contributed by atoms with Gasteiger partial charge in [-0.3, -0.25) is 4.90 Å². The van der Waals surface area contributed by atoms with Crippen LogP contribution in [0.15, 0.2) is 47.0 Å². The Hall–Kier alpha value is -2.17. The standard InChI is InChI=1S/C24H26ClN3O/c25-20-8-6-17(7-9-20)23-11-10-21(29-23)16-28-13-12-22-19(15-28)14-26-24(27-22)18-4-2-1-3-5-18/h6-11,14,18H,1-5,12-13,15-16H2. The summed E-state index contributed by atoms with van der Waals surface area (Å²) in [6, 6.07) is 11.9. The third-order valence-electron chi connectivity index (χ3n) is 6.17. The van der Waals surface area contributed by atoms with Crippen LogP contribution in [0.4, 0.5) is 0 Å². The number of hydrogen-bond acceptors (Lipinski definition) is 4. The lowest BCUT2D eigenvalue weighted by Gasteiger charge is -2.28. The van der Waals surface area contributed by atoms with Crippen LogP contribution in [0.2, 0.25) is 5.02 Å². The van der Waals surface area contributed by atoms with Crippen molar-refractivity contribution in [2.45, 2.75) is 57.5 Å². The molecule has 0 N–H and O–H groups in total. The molecule has 3 heterocycles. The molecule has 1 aliphatic heterocycles. The van der Waals surface area contributed by atoms with E-state index in [0.717, 1.165) is 54.0 Å². The van der Waals surface area contributed by atoms with E-state index in [1.165, 1.54) is 43.4 Å². The molecule has 1 aromatic carbocycles. The number of furan rings is 1. The zero-order valence-electron chi connectivity index (χ0n) is 16.6. The minimum atomic E-state index is 0.571. The Kier molecular flexibility index (Phi) is 5.38. The summed E-state index contributed by atoms with van der Waals surface area (Å²) in [6.07, 6.45) is 9.56. The lowest BCUT2D eigenvalue weighted by atomic mass is 9.88. The Morgan fingerprint density at radius 3 is 2.69 bits per heavy atom. The summed E-state index contributed by atoms with van der Waals surface area (Å²) >= 11 is 5.98. The third-order valence-corrected chi connectivity index (χ3v) is 6.42. The molecule has 0 bridgehead atoms. The predicted octanol–water partition coefficient (Wildman–Crippen LogP) is 6.00. The van der Waals surface area contributed by atoms with Gasteiger partial charge in [-0.15, -0.1) is 0 Å². The van der Waals surface area contributed by atoms with Crippen molar-refractivity contribution in [1.29, 1.82) is 0 Å². The van der Waals surface area contributed by atoms with Gasteiger partial charge >= 0.3 is 0 Å². The first-order valence-corrected chi connectivity index (χ1v) is 11.0. The van der Waals surface area contributed by atoms with Crippen LogP contribution in [0.25, 0.3) is 11.3 Å². The van der Waals surface area contributed by atoms with Crippen molar-refractivity contribution < 1.29 is 4.42 Å². The van der Waals surface area contributed by atoms with Gasteiger partial charge in [0.2, 0.25) is 0 Å². The quantitative estimate of drug-likeness (QED) is 0.532. The summed E-state index contributed by atoms with van der Waals surface area (Å²) in [6.45, 7) is 2.69. The molecule has 0 spiro atoms. The van der Waals surface area contributed by atoms with E-state index in [9.17, 15) is 0 Å². The Morgan fingerprint density at radius 2 is 1.86 bits per heavy atom. The van der Waals surface area contributed by atoms with Crippen molar-refractivity contribution in [2.24, 2.45) is 0 Å². The average molecular weight is 408 g/mol. The molecule has 1 aliphatic carbocycles. The molecule has 150 valence electrons. The molecule has 0 amide bonds. The summed E-state index contributed by atoms with van der Waals surface area (Å²) in [5.74, 6) is 3.52. The summed E-state index contributed by atoms with van der Waals surface area (Å²) in [5, 5.41) is 0.737. The first-order valence-electron chi connectivity index (χ1n) is 10.7. The van der Waals surface area contributed by atoms with Crippen molar-refractivity contribution in [3.05, 3.63) is 70.5 Å². The van der Waals surface area contributed by atoms with Crippen LogP contribution in [-0.4, -0.2) is 21.4 Å². The number of rotatable bonds is 4. The van der Waals surface area contributed by atoms with E-state index < -0.39 is 0 Å². The maximum absolute atomic E-state index is 6.08.